The molecule has 1 aromatic rings. The third kappa shape index (κ3) is 2.74. The van der Waals surface area contributed by atoms with E-state index in [1.807, 2.05) is 0 Å². The van der Waals surface area contributed by atoms with Crippen molar-refractivity contribution in [3.05, 3.63) is 23.9 Å². The Bertz CT molecular complexity index is 515. The van der Waals surface area contributed by atoms with Gasteiger partial charge in [-0.3, -0.25) is 9.59 Å². The predicted octanol–water partition coefficient (Wildman–Crippen LogP) is 1.63. The molecule has 1 aliphatic carbocycles. The summed E-state index contributed by atoms with van der Waals surface area (Å²) in [4.78, 5) is 26.6. The zero-order valence-corrected chi connectivity index (χ0v) is 11.4. The van der Waals surface area contributed by atoms with E-state index in [1.54, 1.807) is 19.1 Å². The Morgan fingerprint density at radius 3 is 2.75 bits per heavy atom. The van der Waals surface area contributed by atoms with E-state index in [-0.39, 0.29) is 6.04 Å². The summed E-state index contributed by atoms with van der Waals surface area (Å²) in [6, 6.07) is 3.07. The van der Waals surface area contributed by atoms with Gasteiger partial charge < -0.3 is 16.2 Å². The minimum atomic E-state index is -0.789. The molecule has 2 unspecified atom stereocenters. The van der Waals surface area contributed by atoms with Gasteiger partial charge in [-0.2, -0.15) is 0 Å². The highest BCUT2D eigenvalue weighted by Gasteiger charge is 2.43. The predicted molar refractivity (Wildman–Crippen MR) is 74.4 cm³/mol. The number of aliphatic carboxylic acids is 1. The Labute approximate surface area is 117 Å². The molecule has 6 heteroatoms. The van der Waals surface area contributed by atoms with Gasteiger partial charge in [-0.1, -0.05) is 12.8 Å². The zero-order valence-electron chi connectivity index (χ0n) is 11.4. The van der Waals surface area contributed by atoms with E-state index >= 15 is 0 Å². The first-order chi connectivity index (χ1) is 9.43. The molecule has 0 radical (unpaired) electrons. The zero-order chi connectivity index (χ0) is 14.8. The summed E-state index contributed by atoms with van der Waals surface area (Å²) in [5, 5.41) is 12.6. The molecule has 6 nitrogen and oxygen atoms in total. The summed E-state index contributed by atoms with van der Waals surface area (Å²) in [5.74, 6) is -0.755. The molecular formula is C14H19N3O3. The van der Waals surface area contributed by atoms with Gasteiger partial charge in [-0.25, -0.2) is 4.98 Å². The van der Waals surface area contributed by atoms with Gasteiger partial charge in [0, 0.05) is 12.2 Å². The van der Waals surface area contributed by atoms with Gasteiger partial charge in [-0.15, -0.1) is 0 Å². The Morgan fingerprint density at radius 2 is 2.20 bits per heavy atom. The largest absolute Gasteiger partial charge is 0.481 e. The van der Waals surface area contributed by atoms with Crippen molar-refractivity contribution in [1.29, 1.82) is 0 Å². The smallest absolute Gasteiger partial charge is 0.311 e. The van der Waals surface area contributed by atoms with Crippen molar-refractivity contribution in [3.8, 4) is 0 Å². The van der Waals surface area contributed by atoms with Gasteiger partial charge in [-0.05, 0) is 31.9 Å². The molecule has 2 atom stereocenters. The number of carboxylic acid groups (broad SMARTS) is 1. The second-order valence-electron chi connectivity index (χ2n) is 5.46. The molecule has 0 aliphatic heterocycles. The van der Waals surface area contributed by atoms with Crippen molar-refractivity contribution < 1.29 is 14.7 Å². The molecule has 0 bridgehead atoms. The first-order valence-corrected chi connectivity index (χ1v) is 6.69. The molecule has 0 spiro atoms. The lowest BCUT2D eigenvalue weighted by Crippen LogP contribution is -2.46. The highest BCUT2D eigenvalue weighted by atomic mass is 16.4. The average molecular weight is 277 g/mol. The van der Waals surface area contributed by atoms with Crippen LogP contribution in [0.1, 0.15) is 43.0 Å². The van der Waals surface area contributed by atoms with Crippen molar-refractivity contribution in [2.75, 3.05) is 5.32 Å². The lowest BCUT2D eigenvalue weighted by atomic mass is 9.71. The lowest BCUT2D eigenvalue weighted by Gasteiger charge is -2.38. The number of carboxylic acids is 1. The molecule has 1 aromatic heterocycles. The number of nitrogens with one attached hydrogen (secondary N) is 1. The Balaban J connectivity index is 2.15. The maximum absolute atomic E-state index is 11.5. The third-order valence-corrected chi connectivity index (χ3v) is 4.07. The van der Waals surface area contributed by atoms with Crippen LogP contribution < -0.4 is 11.1 Å². The number of hydrogen-bond donors (Lipinski definition) is 3. The Kier molecular flexibility index (Phi) is 3.92. The Morgan fingerprint density at radius 1 is 1.45 bits per heavy atom. The normalized spacial score (nSPS) is 25.9. The Hall–Kier alpha value is -2.11. The second kappa shape index (κ2) is 5.48. The fourth-order valence-electron chi connectivity index (χ4n) is 2.62. The SMILES string of the molecule is CC1(C(=O)O)CCCCC1Nc1ccc(C(N)=O)cn1. The van der Waals surface area contributed by atoms with Gasteiger partial charge in [0.05, 0.1) is 11.0 Å². The quantitative estimate of drug-likeness (QED) is 0.775. The topological polar surface area (TPSA) is 105 Å². The first kappa shape index (κ1) is 14.3. The number of nitrogens with zero attached hydrogens (tertiary/aromatic N) is 1. The van der Waals surface area contributed by atoms with E-state index in [0.717, 1.165) is 19.3 Å². The minimum absolute atomic E-state index is 0.166. The number of rotatable bonds is 4. The van der Waals surface area contributed by atoms with E-state index in [2.05, 4.69) is 10.3 Å². The van der Waals surface area contributed by atoms with Crippen LogP contribution in [0.5, 0.6) is 0 Å². The third-order valence-electron chi connectivity index (χ3n) is 4.07. The van der Waals surface area contributed by atoms with Crippen LogP contribution in [-0.4, -0.2) is 28.0 Å². The molecule has 108 valence electrons. The van der Waals surface area contributed by atoms with E-state index in [4.69, 9.17) is 5.73 Å². The van der Waals surface area contributed by atoms with Crippen LogP contribution in [0.15, 0.2) is 18.3 Å². The highest BCUT2D eigenvalue weighted by molar-refractivity contribution is 5.92. The van der Waals surface area contributed by atoms with E-state index in [1.165, 1.54) is 6.20 Å². The van der Waals surface area contributed by atoms with Crippen molar-refractivity contribution in [2.24, 2.45) is 11.1 Å². The number of carbonyl (C=O) groups is 2. The molecule has 20 heavy (non-hydrogen) atoms. The number of pyridine rings is 1. The van der Waals surface area contributed by atoms with Gasteiger partial charge in [0.2, 0.25) is 5.91 Å². The van der Waals surface area contributed by atoms with Gasteiger partial charge in [0.25, 0.3) is 0 Å². The summed E-state index contributed by atoms with van der Waals surface area (Å²) in [6.45, 7) is 1.77. The van der Waals surface area contributed by atoms with Crippen LogP contribution in [0.2, 0.25) is 0 Å². The van der Waals surface area contributed by atoms with Crippen molar-refractivity contribution >= 4 is 17.7 Å². The number of primary amides is 1. The molecule has 1 heterocycles. The molecule has 1 fully saturated rings. The number of carbonyl (C=O) groups excluding carboxylic acids is 1. The van der Waals surface area contributed by atoms with Gasteiger partial charge in [0.15, 0.2) is 0 Å². The standard InChI is InChI=1S/C14H19N3O3/c1-14(13(19)20)7-3-2-4-10(14)17-11-6-5-9(8-16-11)12(15)18/h5-6,8,10H,2-4,7H2,1H3,(H2,15,18)(H,16,17)(H,19,20). The molecule has 1 amide bonds. The fourth-order valence-corrected chi connectivity index (χ4v) is 2.62. The van der Waals surface area contributed by atoms with Gasteiger partial charge in [0.1, 0.15) is 5.82 Å². The molecular weight excluding hydrogens is 258 g/mol. The maximum Gasteiger partial charge on any atom is 0.311 e. The van der Waals surface area contributed by atoms with Crippen molar-refractivity contribution in [1.82, 2.24) is 4.98 Å². The van der Waals surface area contributed by atoms with Gasteiger partial charge >= 0.3 is 5.97 Å². The van der Waals surface area contributed by atoms with E-state index in [0.29, 0.717) is 17.8 Å². The van der Waals surface area contributed by atoms with Crippen LogP contribution in [-0.2, 0) is 4.79 Å². The molecule has 0 saturated heterocycles. The first-order valence-electron chi connectivity index (χ1n) is 6.69. The minimum Gasteiger partial charge on any atom is -0.481 e. The molecule has 2 rings (SSSR count). The maximum atomic E-state index is 11.5. The lowest BCUT2D eigenvalue weighted by molar-refractivity contribution is -0.150. The van der Waals surface area contributed by atoms with Crippen LogP contribution >= 0.6 is 0 Å². The summed E-state index contributed by atoms with van der Waals surface area (Å²) in [6.07, 6.45) is 4.77. The second-order valence-corrected chi connectivity index (χ2v) is 5.46. The van der Waals surface area contributed by atoms with Crippen LogP contribution in [0.25, 0.3) is 0 Å². The van der Waals surface area contributed by atoms with Crippen molar-refractivity contribution in [2.45, 2.75) is 38.6 Å². The van der Waals surface area contributed by atoms with E-state index in [9.17, 15) is 14.7 Å². The molecule has 1 aliphatic rings. The number of aromatic nitrogens is 1. The van der Waals surface area contributed by atoms with E-state index < -0.39 is 17.3 Å². The number of amides is 1. The molecule has 1 saturated carbocycles. The molecule has 4 N–H and O–H groups in total. The molecule has 0 aromatic carbocycles. The number of anilines is 1. The number of nitrogens with two attached hydrogens (primary N) is 1. The summed E-state index contributed by atoms with van der Waals surface area (Å²) in [5.41, 5.74) is 4.70. The summed E-state index contributed by atoms with van der Waals surface area (Å²) in [7, 11) is 0. The summed E-state index contributed by atoms with van der Waals surface area (Å²) < 4.78 is 0. The summed E-state index contributed by atoms with van der Waals surface area (Å²) >= 11 is 0. The monoisotopic (exact) mass is 277 g/mol. The van der Waals surface area contributed by atoms with Crippen LogP contribution in [0.4, 0.5) is 5.82 Å². The highest BCUT2D eigenvalue weighted by Crippen LogP contribution is 2.37. The van der Waals surface area contributed by atoms with Crippen LogP contribution in [0, 0.1) is 5.41 Å². The van der Waals surface area contributed by atoms with Crippen molar-refractivity contribution in [3.63, 3.8) is 0 Å². The average Bonchev–Trinajstić information content (AvgIpc) is 2.42. The van der Waals surface area contributed by atoms with Crippen LogP contribution in [0.3, 0.4) is 0 Å². The fraction of sp³-hybridized carbons (Fsp3) is 0.500. The number of hydrogen-bond acceptors (Lipinski definition) is 4.